The molecule has 6 amide bonds. The number of nitrogens with one attached hydrogen (secondary N) is 4. The number of amides is 6. The molecule has 12 atom stereocenters. The Morgan fingerprint density at radius 3 is 0.565 bits per heavy atom. The lowest BCUT2D eigenvalue weighted by atomic mass is 10.0. The number of carbonyl (C=O) groups excluding carboxylic acids is 22. The molecule has 0 aromatic rings. The highest BCUT2D eigenvalue weighted by atomic mass is 16.7. The van der Waals surface area contributed by atoms with Crippen molar-refractivity contribution in [2.75, 3.05) is 138 Å². The number of carbonyl (C=O) groups is 25. The molecular formula is C78H117N9O44. The first-order chi connectivity index (χ1) is 61.1. The van der Waals surface area contributed by atoms with Gasteiger partial charge in [0.1, 0.15) is 24.4 Å². The van der Waals surface area contributed by atoms with Crippen molar-refractivity contribution < 1.29 is 211 Å². The van der Waals surface area contributed by atoms with Crippen molar-refractivity contribution in [2.45, 2.75) is 210 Å². The molecule has 0 rings (SSSR count). The van der Waals surface area contributed by atoms with E-state index in [0.29, 0.717) is 0 Å². The van der Waals surface area contributed by atoms with E-state index in [1.54, 1.807) is 0 Å². The van der Waals surface area contributed by atoms with Crippen LogP contribution < -0.4 is 21.3 Å². The Morgan fingerprint density at radius 1 is 0.221 bits per heavy atom. The van der Waals surface area contributed by atoms with Crippen LogP contribution in [-0.4, -0.2) is 400 Å². The summed E-state index contributed by atoms with van der Waals surface area (Å²) >= 11 is 0. The predicted octanol–water partition coefficient (Wildman–Crippen LogP) is -5.74. The van der Waals surface area contributed by atoms with Gasteiger partial charge in [-0.15, -0.1) is 0 Å². The van der Waals surface area contributed by atoms with Crippen molar-refractivity contribution in [3.05, 3.63) is 0 Å². The van der Waals surface area contributed by atoms with Crippen LogP contribution in [0.3, 0.4) is 0 Å². The number of aliphatic carboxylic acids is 3. The highest BCUT2D eigenvalue weighted by Gasteiger charge is 2.47. The van der Waals surface area contributed by atoms with Gasteiger partial charge in [0.15, 0.2) is 24.4 Å². The molecule has 0 aliphatic rings. The SMILES string of the molecule is CC(=O)OCC[C@@H](OC(C)=O)[C@@H](OC(C)=O)[C@H](OC(C)=O)C(=O)NCCN(CCNC(=O)[C@@H](OC(C)=O)[C@H](OC(C)=O)[C@@H](CCOC(C)=O)OC(C)=O)C(=O)CN(CCN(CCN(CC(=O)O)CC(=O)N(CCNC(=O)[C@@H](OC(C)=O)[C@H](OC(C)=O)[C@@H](CCOC(C)=O)OC(C)=O)CCNC(=O)[C@@H](OC(C)=O)[C@H](OC(C)=O)[C@@H](CCOC(C)=O)OC(C)=O)CC(=O)O)CC(=O)O. The van der Waals surface area contributed by atoms with Crippen molar-refractivity contribution in [1.29, 1.82) is 0 Å². The highest BCUT2D eigenvalue weighted by Crippen LogP contribution is 2.23. The molecule has 0 aromatic carbocycles. The number of carboxylic acid groups (broad SMARTS) is 3. The Labute approximate surface area is 750 Å². The third kappa shape index (κ3) is 53.9. The molecule has 0 aliphatic carbocycles. The molecule has 0 saturated carbocycles. The van der Waals surface area contributed by atoms with Gasteiger partial charge in [0, 0.05) is 215 Å². The summed E-state index contributed by atoms with van der Waals surface area (Å²) in [6.07, 6.45) is -25.3. The minimum absolute atomic E-state index is 0.467. The standard InChI is InChI=1S/C78H117N9O44/c1-42(88)116-33-17-58(120-46(5)92)67(124-50(9)96)71(128-54(13)100)75(112)79-21-25-86(26-22-80-76(113)72(129-55(14)101)68(125-51(10)97)59(121-47(6)93)18-34-117-43(2)89)62(104)37-84(40-65(108)109)31-29-83(39-64(106)107)30-32-85(41-66(110)111)38-63(105)87(27-23-81-77(114)73(130-56(15)102)69(126-52(11)98)60(122-48(7)94)19-35-118-44(3)90)28-24-82-78(115)74(131-57(16)103)70(127-53(12)99)61(123-49(8)95)20-36-119-45(4)91/h58-61,67-74H,17-41H2,1-16H3,(H,79,112)(H,80,113)(H,81,114)(H,82,115)(H,106,107)(H,108,109)(H,110,111)/t58-,59-,60-,61-,67-,68-,69-,70-,71+,72+,73+,74+/m1/s1. The summed E-state index contributed by atoms with van der Waals surface area (Å²) in [5.74, 6) is -28.7. The number of rotatable bonds is 64. The average Bonchev–Trinajstić information content (AvgIpc) is 0.849. The van der Waals surface area contributed by atoms with E-state index in [1.807, 2.05) is 0 Å². The average molecular weight is 1880 g/mol. The van der Waals surface area contributed by atoms with Crippen LogP contribution in [0.4, 0.5) is 0 Å². The molecule has 0 bridgehead atoms. The molecule has 0 heterocycles. The second-order valence-electron chi connectivity index (χ2n) is 28.3. The summed E-state index contributed by atoms with van der Waals surface area (Å²) in [5.41, 5.74) is 0. The Balaban J connectivity index is 8.28. The van der Waals surface area contributed by atoms with E-state index >= 15 is 0 Å². The van der Waals surface area contributed by atoms with Gasteiger partial charge in [0.25, 0.3) is 23.6 Å². The topological polar surface area (TPSA) is 699 Å². The van der Waals surface area contributed by atoms with Crippen molar-refractivity contribution in [3.8, 4) is 0 Å². The lowest BCUT2D eigenvalue weighted by Crippen LogP contribution is -2.55. The number of ether oxygens (including phenoxy) is 16. The molecular weight excluding hydrogens is 1770 g/mol. The molecule has 0 unspecified atom stereocenters. The van der Waals surface area contributed by atoms with Gasteiger partial charge in [-0.3, -0.25) is 135 Å². The van der Waals surface area contributed by atoms with Gasteiger partial charge in [-0.05, 0) is 0 Å². The minimum Gasteiger partial charge on any atom is -0.480 e. The zero-order valence-corrected chi connectivity index (χ0v) is 75.4. The fourth-order valence-corrected chi connectivity index (χ4v) is 12.0. The molecule has 0 fully saturated rings. The third-order valence-corrected chi connectivity index (χ3v) is 16.9. The Kier molecular flexibility index (Phi) is 56.4. The van der Waals surface area contributed by atoms with Crippen molar-refractivity contribution in [3.63, 3.8) is 0 Å². The molecule has 0 radical (unpaired) electrons. The number of hydrogen-bond acceptors (Lipinski definition) is 44. The van der Waals surface area contributed by atoms with Gasteiger partial charge in [-0.1, -0.05) is 0 Å². The second kappa shape index (κ2) is 62.8. The zero-order chi connectivity index (χ0) is 100. The maximum absolute atomic E-state index is 14.8. The first kappa shape index (κ1) is 118. The van der Waals surface area contributed by atoms with Gasteiger partial charge in [0.05, 0.1) is 59.2 Å². The van der Waals surface area contributed by atoms with E-state index < -0.39 is 385 Å². The summed E-state index contributed by atoms with van der Waals surface area (Å²) in [6, 6.07) is 0. The number of hydrogen-bond donors (Lipinski definition) is 7. The molecule has 0 saturated heterocycles. The monoisotopic (exact) mass is 1880 g/mol. The Hall–Kier alpha value is -13.4. The van der Waals surface area contributed by atoms with Crippen LogP contribution >= 0.6 is 0 Å². The third-order valence-electron chi connectivity index (χ3n) is 16.9. The normalized spacial score (nSPS) is 13.6. The number of nitrogens with zero attached hydrogens (tertiary/aromatic N) is 5. The fourth-order valence-electron chi connectivity index (χ4n) is 12.0. The van der Waals surface area contributed by atoms with E-state index in [-0.39, 0.29) is 0 Å². The van der Waals surface area contributed by atoms with Crippen LogP contribution in [0.2, 0.25) is 0 Å². The Morgan fingerprint density at radius 2 is 0.397 bits per heavy atom. The van der Waals surface area contributed by atoms with Crippen LogP contribution in [0.15, 0.2) is 0 Å². The summed E-state index contributed by atoms with van der Waals surface area (Å²) in [4.78, 5) is 327. The largest absolute Gasteiger partial charge is 0.480 e. The van der Waals surface area contributed by atoms with Crippen molar-refractivity contribution in [1.82, 2.24) is 45.8 Å². The molecule has 0 aromatic heterocycles. The van der Waals surface area contributed by atoms with E-state index in [0.717, 1.165) is 135 Å². The molecule has 53 heteroatoms. The molecule has 0 aliphatic heterocycles. The fraction of sp³-hybridized carbons (Fsp3) is 0.679. The summed E-state index contributed by atoms with van der Waals surface area (Å²) < 4.78 is 83.6. The van der Waals surface area contributed by atoms with Crippen LogP contribution in [0.25, 0.3) is 0 Å². The van der Waals surface area contributed by atoms with E-state index in [1.165, 1.54) is 0 Å². The first-order valence-electron chi connectivity index (χ1n) is 40.2. The van der Waals surface area contributed by atoms with E-state index in [4.69, 9.17) is 75.8 Å². The smallest absolute Gasteiger partial charge is 0.317 e. The summed E-state index contributed by atoms with van der Waals surface area (Å²) in [7, 11) is 0. The lowest BCUT2D eigenvalue weighted by Gasteiger charge is -2.32. The highest BCUT2D eigenvalue weighted by molar-refractivity contribution is 5.88. The zero-order valence-electron chi connectivity index (χ0n) is 75.4. The minimum atomic E-state index is -2.20. The second-order valence-corrected chi connectivity index (χ2v) is 28.3. The van der Waals surface area contributed by atoms with Crippen LogP contribution in [0, 0.1) is 0 Å². The molecule has 7 N–H and O–H groups in total. The Bertz CT molecular complexity index is 3540. The quantitative estimate of drug-likeness (QED) is 0.0220. The lowest BCUT2D eigenvalue weighted by molar-refractivity contribution is -0.187. The number of esters is 16. The van der Waals surface area contributed by atoms with E-state index in [9.17, 15) is 135 Å². The van der Waals surface area contributed by atoms with E-state index in [2.05, 4.69) is 21.3 Å². The van der Waals surface area contributed by atoms with Crippen LogP contribution in [0.5, 0.6) is 0 Å². The van der Waals surface area contributed by atoms with Crippen molar-refractivity contribution in [2.24, 2.45) is 0 Å². The summed E-state index contributed by atoms with van der Waals surface area (Å²) in [5, 5.41) is 40.2. The maximum atomic E-state index is 14.8. The molecule has 53 nitrogen and oxygen atoms in total. The van der Waals surface area contributed by atoms with Gasteiger partial charge in [-0.25, -0.2) is 0 Å². The summed E-state index contributed by atoms with van der Waals surface area (Å²) in [6.45, 7) is -0.184. The molecule has 0 spiro atoms. The van der Waals surface area contributed by atoms with Crippen molar-refractivity contribution >= 4 is 149 Å². The van der Waals surface area contributed by atoms with Gasteiger partial charge < -0.3 is 122 Å². The molecule has 131 heavy (non-hydrogen) atoms. The number of carboxylic acids is 3. The van der Waals surface area contributed by atoms with Gasteiger partial charge >= 0.3 is 113 Å². The van der Waals surface area contributed by atoms with Gasteiger partial charge in [0.2, 0.25) is 36.2 Å². The van der Waals surface area contributed by atoms with Crippen LogP contribution in [-0.2, 0) is 196 Å². The maximum Gasteiger partial charge on any atom is 0.317 e. The molecule has 738 valence electrons. The predicted molar refractivity (Wildman–Crippen MR) is 429 cm³/mol. The van der Waals surface area contributed by atoms with Crippen LogP contribution in [0.1, 0.15) is 136 Å². The first-order valence-corrected chi connectivity index (χ1v) is 40.2. The van der Waals surface area contributed by atoms with Gasteiger partial charge in [-0.2, -0.15) is 0 Å².